The van der Waals surface area contributed by atoms with Crippen molar-refractivity contribution in [1.29, 1.82) is 0 Å². The van der Waals surface area contributed by atoms with Gasteiger partial charge in [-0.2, -0.15) is 0 Å². The summed E-state index contributed by atoms with van der Waals surface area (Å²) in [7, 11) is 0. The van der Waals surface area contributed by atoms with Crippen LogP contribution in [0.5, 0.6) is 0 Å². The molecule has 0 heterocycles. The molecule has 0 aliphatic carbocycles. The first kappa shape index (κ1) is 15.1. The molecule has 23 heavy (non-hydrogen) atoms. The third-order valence-corrected chi connectivity index (χ3v) is 3.94. The monoisotopic (exact) mass is 296 g/mol. The van der Waals surface area contributed by atoms with Crippen LogP contribution in [0.25, 0.3) is 27.8 Å². The molecule has 0 heteroatoms. The molecule has 3 aromatic carbocycles. The second-order valence-corrected chi connectivity index (χ2v) is 5.59. The van der Waals surface area contributed by atoms with Crippen molar-refractivity contribution in [3.8, 4) is 22.3 Å². The van der Waals surface area contributed by atoms with E-state index in [2.05, 4.69) is 91.5 Å². The molecule has 112 valence electrons. The first-order valence-corrected chi connectivity index (χ1v) is 7.92. The maximum absolute atomic E-state index is 3.31. The van der Waals surface area contributed by atoms with E-state index in [1.54, 1.807) is 0 Å². The summed E-state index contributed by atoms with van der Waals surface area (Å²) in [4.78, 5) is 0. The largest absolute Gasteiger partial charge is 0.122 e. The third kappa shape index (κ3) is 3.51. The topological polar surface area (TPSA) is 0 Å². The van der Waals surface area contributed by atoms with Crippen LogP contribution >= 0.6 is 0 Å². The van der Waals surface area contributed by atoms with Crippen LogP contribution in [-0.2, 0) is 0 Å². The van der Waals surface area contributed by atoms with Gasteiger partial charge in [0.15, 0.2) is 0 Å². The van der Waals surface area contributed by atoms with Gasteiger partial charge in [0.1, 0.15) is 0 Å². The van der Waals surface area contributed by atoms with Crippen LogP contribution in [-0.4, -0.2) is 0 Å². The van der Waals surface area contributed by atoms with Crippen LogP contribution < -0.4 is 0 Å². The molecule has 0 amide bonds. The molecule has 3 aromatic rings. The van der Waals surface area contributed by atoms with Crippen LogP contribution in [0.2, 0.25) is 0 Å². The van der Waals surface area contributed by atoms with Gasteiger partial charge in [-0.25, -0.2) is 0 Å². The van der Waals surface area contributed by atoms with Gasteiger partial charge in [-0.05, 0) is 71.5 Å². The van der Waals surface area contributed by atoms with Crippen molar-refractivity contribution in [2.24, 2.45) is 0 Å². The Morgan fingerprint density at radius 3 is 1.61 bits per heavy atom. The molecular weight excluding hydrogens is 276 g/mol. The van der Waals surface area contributed by atoms with E-state index in [1.807, 2.05) is 13.0 Å². The molecule has 0 aliphatic rings. The lowest BCUT2D eigenvalue weighted by atomic mass is 9.94. The van der Waals surface area contributed by atoms with E-state index < -0.39 is 0 Å². The molecule has 0 saturated carbocycles. The smallest absolute Gasteiger partial charge is 0.00220 e. The molecule has 0 aromatic heterocycles. The first-order valence-electron chi connectivity index (χ1n) is 7.92. The van der Waals surface area contributed by atoms with E-state index in [1.165, 1.54) is 27.8 Å². The minimum atomic E-state index is 1.16. The minimum Gasteiger partial charge on any atom is -0.122 e. The Morgan fingerprint density at radius 1 is 0.696 bits per heavy atom. The van der Waals surface area contributed by atoms with Gasteiger partial charge >= 0.3 is 0 Å². The fourth-order valence-corrected chi connectivity index (χ4v) is 2.74. The van der Waals surface area contributed by atoms with Crippen molar-refractivity contribution in [2.75, 3.05) is 0 Å². The molecule has 0 aliphatic heterocycles. The summed E-state index contributed by atoms with van der Waals surface area (Å²) in [5, 5.41) is 0. The van der Waals surface area contributed by atoms with Gasteiger partial charge < -0.3 is 0 Å². The van der Waals surface area contributed by atoms with Gasteiger partial charge in [-0.3, -0.25) is 0 Å². The zero-order valence-electron chi connectivity index (χ0n) is 13.6. The van der Waals surface area contributed by atoms with Crippen LogP contribution in [0.1, 0.15) is 19.4 Å². The van der Waals surface area contributed by atoms with E-state index in [0.717, 1.165) is 5.57 Å². The highest BCUT2D eigenvalue weighted by atomic mass is 14.1. The summed E-state index contributed by atoms with van der Waals surface area (Å²) in [6.07, 6.45) is 1.96. The standard InChI is InChI=1S/C23H20/c1-3-10-18(2)21-15-22(19-11-6-4-7-12-19)17-23(16-21)20-13-8-5-9-14-20/h3-9,11-17H,1-2H3. The molecule has 0 spiro atoms. The summed E-state index contributed by atoms with van der Waals surface area (Å²) in [5.74, 6) is 0. The molecule has 0 radical (unpaired) electrons. The highest BCUT2D eigenvalue weighted by Crippen LogP contribution is 2.30. The summed E-state index contributed by atoms with van der Waals surface area (Å²) in [6.45, 7) is 4.11. The second kappa shape index (κ2) is 6.96. The highest BCUT2D eigenvalue weighted by molar-refractivity contribution is 5.79. The van der Waals surface area contributed by atoms with E-state index in [9.17, 15) is 0 Å². The normalized spacial score (nSPS) is 10.0. The van der Waals surface area contributed by atoms with Gasteiger partial charge in [0.05, 0.1) is 0 Å². The SMILES string of the molecule is CC=C=C(C)c1cc(-c2ccccc2)cc(-c2ccccc2)c1. The molecular formula is C23H20. The van der Waals surface area contributed by atoms with Crippen molar-refractivity contribution in [3.05, 3.63) is 96.2 Å². The second-order valence-electron chi connectivity index (χ2n) is 5.59. The van der Waals surface area contributed by atoms with Crippen molar-refractivity contribution < 1.29 is 0 Å². The lowest BCUT2D eigenvalue weighted by Gasteiger charge is -2.10. The Bertz CT molecular complexity index is 791. The maximum Gasteiger partial charge on any atom is -0.00220 e. The van der Waals surface area contributed by atoms with E-state index >= 15 is 0 Å². The van der Waals surface area contributed by atoms with Gasteiger partial charge in [-0.1, -0.05) is 60.7 Å². The van der Waals surface area contributed by atoms with Gasteiger partial charge in [0, 0.05) is 0 Å². The summed E-state index contributed by atoms with van der Waals surface area (Å²) in [5.41, 5.74) is 10.6. The van der Waals surface area contributed by atoms with E-state index in [-0.39, 0.29) is 0 Å². The molecule has 3 rings (SSSR count). The minimum absolute atomic E-state index is 1.16. The van der Waals surface area contributed by atoms with Crippen molar-refractivity contribution >= 4 is 5.57 Å². The summed E-state index contributed by atoms with van der Waals surface area (Å²) < 4.78 is 0. The van der Waals surface area contributed by atoms with Gasteiger partial charge in [0.2, 0.25) is 0 Å². The Hall–Kier alpha value is -2.82. The zero-order valence-corrected chi connectivity index (χ0v) is 13.6. The lowest BCUT2D eigenvalue weighted by Crippen LogP contribution is -1.87. The Balaban J connectivity index is 2.21. The van der Waals surface area contributed by atoms with Crippen LogP contribution in [0.4, 0.5) is 0 Å². The van der Waals surface area contributed by atoms with E-state index in [0.29, 0.717) is 0 Å². The molecule has 0 fully saturated rings. The van der Waals surface area contributed by atoms with Crippen LogP contribution in [0.3, 0.4) is 0 Å². The predicted molar refractivity (Wildman–Crippen MR) is 100 cm³/mol. The number of rotatable bonds is 3. The molecule has 0 N–H and O–H groups in total. The number of allylic oxidation sites excluding steroid dienone is 1. The molecule has 0 unspecified atom stereocenters. The average Bonchev–Trinajstić information content (AvgIpc) is 2.63. The van der Waals surface area contributed by atoms with Crippen molar-refractivity contribution in [1.82, 2.24) is 0 Å². The van der Waals surface area contributed by atoms with Gasteiger partial charge in [0.25, 0.3) is 0 Å². The fourth-order valence-electron chi connectivity index (χ4n) is 2.74. The Kier molecular flexibility index (Phi) is 4.57. The number of hydrogen-bond donors (Lipinski definition) is 0. The van der Waals surface area contributed by atoms with Crippen LogP contribution in [0.15, 0.2) is 90.7 Å². The summed E-state index contributed by atoms with van der Waals surface area (Å²) >= 11 is 0. The molecule has 0 saturated heterocycles. The number of hydrogen-bond acceptors (Lipinski definition) is 0. The first-order chi connectivity index (χ1) is 11.3. The highest BCUT2D eigenvalue weighted by Gasteiger charge is 2.06. The predicted octanol–water partition coefficient (Wildman–Crippen LogP) is 6.60. The fraction of sp³-hybridized carbons (Fsp3) is 0.0870. The number of benzene rings is 3. The Labute approximate surface area is 138 Å². The lowest BCUT2D eigenvalue weighted by molar-refractivity contribution is 1.53. The van der Waals surface area contributed by atoms with Crippen LogP contribution in [0, 0.1) is 0 Å². The summed E-state index contributed by atoms with van der Waals surface area (Å²) in [6, 6.07) is 27.8. The van der Waals surface area contributed by atoms with E-state index in [4.69, 9.17) is 0 Å². The van der Waals surface area contributed by atoms with Crippen molar-refractivity contribution in [2.45, 2.75) is 13.8 Å². The molecule has 0 bridgehead atoms. The molecule has 0 nitrogen and oxygen atoms in total. The quantitative estimate of drug-likeness (QED) is 0.478. The van der Waals surface area contributed by atoms with Gasteiger partial charge in [-0.15, -0.1) is 5.73 Å². The Morgan fingerprint density at radius 2 is 1.17 bits per heavy atom. The van der Waals surface area contributed by atoms with Crippen molar-refractivity contribution in [3.63, 3.8) is 0 Å². The third-order valence-electron chi connectivity index (χ3n) is 3.94. The zero-order chi connectivity index (χ0) is 16.1. The maximum atomic E-state index is 3.31. The molecule has 0 atom stereocenters. The average molecular weight is 296 g/mol.